The van der Waals surface area contributed by atoms with Crippen LogP contribution in [0.15, 0.2) is 63.4 Å². The summed E-state index contributed by atoms with van der Waals surface area (Å²) < 4.78 is 1.84. The smallest absolute Gasteiger partial charge is 0.262 e. The number of hydrogen-bond acceptors (Lipinski definition) is 4. The Labute approximate surface area is 156 Å². The first kappa shape index (κ1) is 18.1. The highest BCUT2D eigenvalue weighted by Gasteiger charge is 2.11. The lowest BCUT2D eigenvalue weighted by Crippen LogP contribution is -2.23. The zero-order valence-electron chi connectivity index (χ0n) is 14.6. The minimum atomic E-state index is 0.0688. The number of para-hydroxylation sites is 1. The highest BCUT2D eigenvalue weighted by molar-refractivity contribution is 7.98. The van der Waals surface area contributed by atoms with E-state index in [1.807, 2.05) is 28.8 Å². The number of nitrogens with zero attached hydrogens (tertiary/aromatic N) is 2. The number of fused-ring (bicyclic) bond motifs is 1. The van der Waals surface area contributed by atoms with Crippen LogP contribution in [-0.2, 0) is 12.3 Å². The number of thioether (sulfide) groups is 2. The fourth-order valence-corrected chi connectivity index (χ4v) is 4.03. The van der Waals surface area contributed by atoms with Crippen molar-refractivity contribution in [2.24, 2.45) is 0 Å². The van der Waals surface area contributed by atoms with Crippen LogP contribution in [0.3, 0.4) is 0 Å². The molecule has 0 spiro atoms. The van der Waals surface area contributed by atoms with E-state index in [0.29, 0.717) is 5.39 Å². The van der Waals surface area contributed by atoms with Crippen molar-refractivity contribution in [3.05, 3.63) is 64.4 Å². The van der Waals surface area contributed by atoms with Crippen molar-refractivity contribution < 1.29 is 0 Å². The molecule has 3 rings (SSSR count). The molecule has 1 heterocycles. The average molecular weight is 371 g/mol. The topological polar surface area (TPSA) is 34.9 Å². The predicted octanol–water partition coefficient (Wildman–Crippen LogP) is 5.21. The van der Waals surface area contributed by atoms with E-state index in [2.05, 4.69) is 37.4 Å². The van der Waals surface area contributed by atoms with Gasteiger partial charge in [-0.2, -0.15) is 0 Å². The lowest BCUT2D eigenvalue weighted by atomic mass is 10.2. The highest BCUT2D eigenvalue weighted by atomic mass is 32.2. The van der Waals surface area contributed by atoms with Gasteiger partial charge in [0.2, 0.25) is 0 Å². The van der Waals surface area contributed by atoms with Crippen molar-refractivity contribution in [2.45, 2.75) is 42.1 Å². The lowest BCUT2D eigenvalue weighted by Gasteiger charge is -2.13. The van der Waals surface area contributed by atoms with Crippen LogP contribution in [0.25, 0.3) is 10.9 Å². The molecule has 0 amide bonds. The quantitative estimate of drug-likeness (QED) is 0.422. The van der Waals surface area contributed by atoms with E-state index < -0.39 is 0 Å². The maximum absolute atomic E-state index is 12.9. The second kappa shape index (κ2) is 8.59. The number of hydrogen-bond donors (Lipinski definition) is 0. The van der Waals surface area contributed by atoms with Gasteiger partial charge in [0.05, 0.1) is 10.9 Å². The predicted molar refractivity (Wildman–Crippen MR) is 109 cm³/mol. The maximum atomic E-state index is 12.9. The Kier molecular flexibility index (Phi) is 6.21. The summed E-state index contributed by atoms with van der Waals surface area (Å²) in [5, 5.41) is 1.51. The number of unbranched alkanes of at least 4 members (excludes halogenated alkanes) is 1. The molecule has 0 unspecified atom stereocenters. The normalized spacial score (nSPS) is 11.1. The Bertz CT molecular complexity index is 904. The molecular weight excluding hydrogens is 348 g/mol. The van der Waals surface area contributed by atoms with Crippen molar-refractivity contribution >= 4 is 34.4 Å². The lowest BCUT2D eigenvalue weighted by molar-refractivity contribution is 0.557. The standard InChI is InChI=1S/C20H22N2OS2/c1-3-4-13-22-19(23)17-7-5-6-8-18(17)21-20(22)25-14-15-9-11-16(24-2)12-10-15/h5-12H,3-4,13-14H2,1-2H3. The van der Waals surface area contributed by atoms with Gasteiger partial charge in [0.25, 0.3) is 5.56 Å². The van der Waals surface area contributed by atoms with Gasteiger partial charge < -0.3 is 0 Å². The zero-order valence-corrected chi connectivity index (χ0v) is 16.2. The molecule has 3 aromatic rings. The molecule has 0 aliphatic carbocycles. The summed E-state index contributed by atoms with van der Waals surface area (Å²) in [5.41, 5.74) is 2.09. The molecule has 0 atom stereocenters. The van der Waals surface area contributed by atoms with Crippen LogP contribution in [0.4, 0.5) is 0 Å². The van der Waals surface area contributed by atoms with Crippen LogP contribution < -0.4 is 5.56 Å². The monoisotopic (exact) mass is 370 g/mol. The number of benzene rings is 2. The molecule has 0 bridgehead atoms. The minimum Gasteiger partial charge on any atom is -0.287 e. The molecule has 0 fully saturated rings. The van der Waals surface area contributed by atoms with Gasteiger partial charge in [0.15, 0.2) is 5.16 Å². The third-order valence-corrected chi connectivity index (χ3v) is 5.88. The van der Waals surface area contributed by atoms with E-state index >= 15 is 0 Å². The maximum Gasteiger partial charge on any atom is 0.262 e. The van der Waals surface area contributed by atoms with Gasteiger partial charge in [-0.15, -0.1) is 11.8 Å². The SMILES string of the molecule is CCCCn1c(SCc2ccc(SC)cc2)nc2ccccc2c1=O. The van der Waals surface area contributed by atoms with Gasteiger partial charge >= 0.3 is 0 Å². The van der Waals surface area contributed by atoms with Crippen LogP contribution >= 0.6 is 23.5 Å². The molecule has 0 N–H and O–H groups in total. The fraction of sp³-hybridized carbons (Fsp3) is 0.300. The van der Waals surface area contributed by atoms with Crippen molar-refractivity contribution in [1.29, 1.82) is 0 Å². The van der Waals surface area contributed by atoms with Gasteiger partial charge in [-0.1, -0.05) is 49.4 Å². The van der Waals surface area contributed by atoms with Crippen LogP contribution in [0.5, 0.6) is 0 Å². The molecular formula is C20H22N2OS2. The van der Waals surface area contributed by atoms with Gasteiger partial charge in [0, 0.05) is 17.2 Å². The van der Waals surface area contributed by atoms with Crippen molar-refractivity contribution in [2.75, 3.05) is 6.26 Å². The van der Waals surface area contributed by atoms with Crippen molar-refractivity contribution in [3.8, 4) is 0 Å². The number of rotatable bonds is 7. The Morgan fingerprint density at radius 2 is 1.84 bits per heavy atom. The first-order chi connectivity index (χ1) is 12.2. The molecule has 0 aliphatic heterocycles. The molecule has 5 heteroatoms. The summed E-state index contributed by atoms with van der Waals surface area (Å²) in [6.07, 6.45) is 4.12. The zero-order chi connectivity index (χ0) is 17.6. The third kappa shape index (κ3) is 4.28. The van der Waals surface area contributed by atoms with E-state index in [4.69, 9.17) is 4.98 Å². The third-order valence-electron chi connectivity index (χ3n) is 4.09. The van der Waals surface area contributed by atoms with Crippen molar-refractivity contribution in [1.82, 2.24) is 9.55 Å². The van der Waals surface area contributed by atoms with Crippen LogP contribution in [0.1, 0.15) is 25.3 Å². The molecule has 3 nitrogen and oxygen atoms in total. The summed E-state index contributed by atoms with van der Waals surface area (Å²) in [6.45, 7) is 2.86. The molecule has 0 saturated carbocycles. The molecule has 0 aliphatic rings. The largest absolute Gasteiger partial charge is 0.287 e. The summed E-state index contributed by atoms with van der Waals surface area (Å²) in [7, 11) is 0. The summed E-state index contributed by atoms with van der Waals surface area (Å²) >= 11 is 3.38. The fourth-order valence-electron chi connectivity index (χ4n) is 2.64. The molecule has 0 radical (unpaired) electrons. The second-order valence-corrected chi connectivity index (χ2v) is 7.68. The van der Waals surface area contributed by atoms with Gasteiger partial charge in [-0.3, -0.25) is 9.36 Å². The summed E-state index contributed by atoms with van der Waals surface area (Å²) in [5.74, 6) is 0.811. The molecule has 1 aromatic heterocycles. The summed E-state index contributed by atoms with van der Waals surface area (Å²) in [4.78, 5) is 18.9. The van der Waals surface area contributed by atoms with E-state index in [9.17, 15) is 4.79 Å². The summed E-state index contributed by atoms with van der Waals surface area (Å²) in [6, 6.07) is 16.2. The van der Waals surface area contributed by atoms with E-state index in [1.165, 1.54) is 10.5 Å². The first-order valence-corrected chi connectivity index (χ1v) is 10.7. The van der Waals surface area contributed by atoms with Crippen molar-refractivity contribution in [3.63, 3.8) is 0 Å². The van der Waals surface area contributed by atoms with E-state index in [0.717, 1.165) is 35.8 Å². The molecule has 2 aromatic carbocycles. The molecule has 0 saturated heterocycles. The van der Waals surface area contributed by atoms with Gasteiger partial charge in [0.1, 0.15) is 0 Å². The molecule has 130 valence electrons. The highest BCUT2D eigenvalue weighted by Crippen LogP contribution is 2.24. The van der Waals surface area contributed by atoms with Gasteiger partial charge in [-0.05, 0) is 42.5 Å². The van der Waals surface area contributed by atoms with Crippen LogP contribution in [0, 0.1) is 0 Å². The Balaban J connectivity index is 1.91. The van der Waals surface area contributed by atoms with E-state index in [1.54, 1.807) is 23.5 Å². The second-order valence-electron chi connectivity index (χ2n) is 5.86. The minimum absolute atomic E-state index is 0.0688. The first-order valence-electron chi connectivity index (χ1n) is 8.48. The van der Waals surface area contributed by atoms with Crippen LogP contribution in [-0.4, -0.2) is 15.8 Å². The molecule has 25 heavy (non-hydrogen) atoms. The Morgan fingerprint density at radius 1 is 1.08 bits per heavy atom. The number of aromatic nitrogens is 2. The van der Waals surface area contributed by atoms with Gasteiger partial charge in [-0.25, -0.2) is 4.98 Å². The van der Waals surface area contributed by atoms with Crippen LogP contribution in [0.2, 0.25) is 0 Å². The average Bonchev–Trinajstić information content (AvgIpc) is 2.66. The van der Waals surface area contributed by atoms with E-state index in [-0.39, 0.29) is 5.56 Å². The Hall–Kier alpha value is -1.72. The Morgan fingerprint density at radius 3 is 2.56 bits per heavy atom.